The van der Waals surface area contributed by atoms with Crippen LogP contribution in [-0.2, 0) is 0 Å². The van der Waals surface area contributed by atoms with Crippen LogP contribution in [-0.4, -0.2) is 16.6 Å². The van der Waals surface area contributed by atoms with Crippen molar-refractivity contribution in [1.29, 1.82) is 0 Å². The predicted molar refractivity (Wildman–Crippen MR) is 43.2 cm³/mol. The number of halogens is 1. The molecule has 6 heteroatoms. The molecule has 1 aromatic rings. The van der Waals surface area contributed by atoms with Gasteiger partial charge in [0.2, 0.25) is 0 Å². The van der Waals surface area contributed by atoms with Crippen LogP contribution >= 0.6 is 0 Å². The van der Waals surface area contributed by atoms with Crippen LogP contribution < -0.4 is 0 Å². The molecule has 0 radical (unpaired) electrons. The molecule has 0 amide bonds. The van der Waals surface area contributed by atoms with E-state index in [0.717, 1.165) is 12.3 Å². The first kappa shape index (κ1) is 9.44. The molecule has 1 aromatic heterocycles. The van der Waals surface area contributed by atoms with Crippen LogP contribution in [0.3, 0.4) is 0 Å². The lowest BCUT2D eigenvalue weighted by Crippen LogP contribution is -2.01. The van der Waals surface area contributed by atoms with Crippen molar-refractivity contribution in [3.63, 3.8) is 0 Å². The van der Waals surface area contributed by atoms with E-state index in [1.807, 2.05) is 0 Å². The highest BCUT2D eigenvalue weighted by Crippen LogP contribution is 2.12. The van der Waals surface area contributed by atoms with E-state index in [9.17, 15) is 9.50 Å². The van der Waals surface area contributed by atoms with Gasteiger partial charge in [0.05, 0.1) is 18.8 Å². The fourth-order valence-electron chi connectivity index (χ4n) is 0.830. The summed E-state index contributed by atoms with van der Waals surface area (Å²) in [5, 5.41) is 12.5. The monoisotopic (exact) mass is 182 g/mol. The van der Waals surface area contributed by atoms with Crippen molar-refractivity contribution < 1.29 is 9.50 Å². The van der Waals surface area contributed by atoms with E-state index >= 15 is 0 Å². The number of hydrogen-bond acceptors (Lipinski definition) is 3. The molecule has 0 spiro atoms. The second kappa shape index (κ2) is 4.39. The van der Waals surface area contributed by atoms with E-state index in [0.29, 0.717) is 5.56 Å². The summed E-state index contributed by atoms with van der Waals surface area (Å²) in [7, 11) is 0. The molecule has 68 valence electrons. The predicted octanol–water partition coefficient (Wildman–Crippen LogP) is 1.56. The largest absolute Gasteiger partial charge is 0.388 e. The highest BCUT2D eigenvalue weighted by atomic mass is 19.1. The Morgan fingerprint density at radius 3 is 3.08 bits per heavy atom. The molecule has 0 saturated carbocycles. The molecule has 1 atom stereocenters. The van der Waals surface area contributed by atoms with Crippen LogP contribution in [0, 0.1) is 5.82 Å². The highest BCUT2D eigenvalue weighted by Gasteiger charge is 2.06. The van der Waals surface area contributed by atoms with E-state index in [1.54, 1.807) is 0 Å². The molecule has 0 aromatic carbocycles. The maximum Gasteiger partial charge on any atom is 0.141 e. The molecule has 0 aliphatic rings. The second-order valence-corrected chi connectivity index (χ2v) is 2.37. The Morgan fingerprint density at radius 2 is 2.46 bits per heavy atom. The minimum Gasteiger partial charge on any atom is -0.388 e. The first-order valence-electron chi connectivity index (χ1n) is 3.53. The number of hydrogen-bond donors (Lipinski definition) is 1. The van der Waals surface area contributed by atoms with E-state index in [-0.39, 0.29) is 6.54 Å². The summed E-state index contributed by atoms with van der Waals surface area (Å²) in [5.74, 6) is -0.530. The molecule has 0 aliphatic heterocycles. The van der Waals surface area contributed by atoms with Gasteiger partial charge in [-0.2, -0.15) is 0 Å². The van der Waals surface area contributed by atoms with Crippen molar-refractivity contribution in [2.75, 3.05) is 6.54 Å². The molecule has 0 aliphatic carbocycles. The quantitative estimate of drug-likeness (QED) is 0.437. The standard InChI is InChI=1S/C7H7FN4O/c8-6-1-5(2-10-3-6)7(13)4-11-12-9/h1-3,7,13H,4H2. The molecule has 1 unspecified atom stereocenters. The number of aromatic nitrogens is 1. The summed E-state index contributed by atoms with van der Waals surface area (Å²) >= 11 is 0. The summed E-state index contributed by atoms with van der Waals surface area (Å²) in [6, 6.07) is 1.14. The topological polar surface area (TPSA) is 81.9 Å². The SMILES string of the molecule is [N-]=[N+]=NCC(O)c1cncc(F)c1. The zero-order chi connectivity index (χ0) is 9.68. The van der Waals surface area contributed by atoms with Gasteiger partial charge in [-0.3, -0.25) is 4.98 Å². The third-order valence-electron chi connectivity index (χ3n) is 1.43. The van der Waals surface area contributed by atoms with Crippen molar-refractivity contribution >= 4 is 0 Å². The van der Waals surface area contributed by atoms with Gasteiger partial charge in [0, 0.05) is 16.7 Å². The normalized spacial score (nSPS) is 11.8. The van der Waals surface area contributed by atoms with E-state index in [1.165, 1.54) is 6.20 Å². The lowest BCUT2D eigenvalue weighted by Gasteiger charge is -2.05. The van der Waals surface area contributed by atoms with Crippen LogP contribution in [0.4, 0.5) is 4.39 Å². The van der Waals surface area contributed by atoms with Gasteiger partial charge >= 0.3 is 0 Å². The average Bonchev–Trinajstić information content (AvgIpc) is 2.14. The van der Waals surface area contributed by atoms with Gasteiger partial charge in [-0.25, -0.2) is 4.39 Å². The number of aliphatic hydroxyl groups is 1. The summed E-state index contributed by atoms with van der Waals surface area (Å²) in [6.45, 7) is -0.123. The third-order valence-corrected chi connectivity index (χ3v) is 1.43. The Balaban J connectivity index is 2.76. The van der Waals surface area contributed by atoms with Crippen molar-refractivity contribution in [1.82, 2.24) is 4.98 Å². The van der Waals surface area contributed by atoms with Crippen LogP contribution in [0.15, 0.2) is 23.6 Å². The molecule has 1 heterocycles. The van der Waals surface area contributed by atoms with Gasteiger partial charge < -0.3 is 5.11 Å². The van der Waals surface area contributed by atoms with Gasteiger partial charge in [-0.1, -0.05) is 5.11 Å². The lowest BCUT2D eigenvalue weighted by atomic mass is 10.2. The number of rotatable bonds is 3. The van der Waals surface area contributed by atoms with Crippen LogP contribution in [0.5, 0.6) is 0 Å². The molecule has 5 nitrogen and oxygen atoms in total. The smallest absolute Gasteiger partial charge is 0.141 e. The van der Waals surface area contributed by atoms with E-state index in [2.05, 4.69) is 15.0 Å². The summed E-state index contributed by atoms with van der Waals surface area (Å²) in [4.78, 5) is 6.02. The Labute approximate surface area is 73.5 Å². The van der Waals surface area contributed by atoms with Crippen molar-refractivity contribution in [2.45, 2.75) is 6.10 Å². The van der Waals surface area contributed by atoms with Gasteiger partial charge in [0.25, 0.3) is 0 Å². The molecule has 0 bridgehead atoms. The molecule has 1 rings (SSSR count). The molecule has 13 heavy (non-hydrogen) atoms. The van der Waals surface area contributed by atoms with E-state index < -0.39 is 11.9 Å². The van der Waals surface area contributed by atoms with Gasteiger partial charge in [0.1, 0.15) is 5.82 Å². The van der Waals surface area contributed by atoms with Gasteiger partial charge in [0.15, 0.2) is 0 Å². The van der Waals surface area contributed by atoms with E-state index in [4.69, 9.17) is 5.53 Å². The maximum atomic E-state index is 12.6. The minimum absolute atomic E-state index is 0.123. The number of nitrogens with zero attached hydrogens (tertiary/aromatic N) is 4. The number of pyridine rings is 1. The van der Waals surface area contributed by atoms with Gasteiger partial charge in [-0.05, 0) is 11.6 Å². The molecule has 0 fully saturated rings. The van der Waals surface area contributed by atoms with Gasteiger partial charge in [-0.15, -0.1) is 0 Å². The first-order valence-corrected chi connectivity index (χ1v) is 3.53. The Morgan fingerprint density at radius 1 is 1.69 bits per heavy atom. The Kier molecular flexibility index (Phi) is 3.19. The molecule has 0 saturated heterocycles. The number of aliphatic hydroxyl groups excluding tert-OH is 1. The zero-order valence-electron chi connectivity index (χ0n) is 6.63. The maximum absolute atomic E-state index is 12.6. The first-order chi connectivity index (χ1) is 6.24. The van der Waals surface area contributed by atoms with Crippen molar-refractivity contribution in [2.24, 2.45) is 5.11 Å². The van der Waals surface area contributed by atoms with Crippen LogP contribution in [0.2, 0.25) is 0 Å². The van der Waals surface area contributed by atoms with Crippen LogP contribution in [0.1, 0.15) is 11.7 Å². The third kappa shape index (κ3) is 2.70. The number of azide groups is 1. The highest BCUT2D eigenvalue weighted by molar-refractivity contribution is 5.13. The fourth-order valence-corrected chi connectivity index (χ4v) is 0.830. The second-order valence-electron chi connectivity index (χ2n) is 2.37. The van der Waals surface area contributed by atoms with Crippen LogP contribution in [0.25, 0.3) is 10.4 Å². The zero-order valence-corrected chi connectivity index (χ0v) is 6.63. The fraction of sp³-hybridized carbons (Fsp3) is 0.286. The summed E-state index contributed by atoms with van der Waals surface area (Å²) in [5.41, 5.74) is 8.27. The average molecular weight is 182 g/mol. The molecular formula is C7H7FN4O. The summed E-state index contributed by atoms with van der Waals surface area (Å²) < 4.78 is 12.6. The summed E-state index contributed by atoms with van der Waals surface area (Å²) in [6.07, 6.45) is 1.35. The Bertz CT molecular complexity index is 337. The lowest BCUT2D eigenvalue weighted by molar-refractivity contribution is 0.186. The Hall–Kier alpha value is -1.65. The molecular weight excluding hydrogens is 175 g/mol. The molecule has 1 N–H and O–H groups in total. The minimum atomic E-state index is -1.00. The van der Waals surface area contributed by atoms with Crippen molar-refractivity contribution in [3.8, 4) is 0 Å². The van der Waals surface area contributed by atoms with Crippen molar-refractivity contribution in [3.05, 3.63) is 40.3 Å².